The summed E-state index contributed by atoms with van der Waals surface area (Å²) in [6, 6.07) is 4.32. The topological polar surface area (TPSA) is 3.24 Å². The van der Waals surface area contributed by atoms with E-state index in [0.717, 1.165) is 18.2 Å². The molecule has 1 aromatic rings. The van der Waals surface area contributed by atoms with Gasteiger partial charge in [-0.05, 0) is 31.5 Å². The fourth-order valence-corrected chi connectivity index (χ4v) is 1.72. The summed E-state index contributed by atoms with van der Waals surface area (Å²) in [6.45, 7) is 5.42. The van der Waals surface area contributed by atoms with Crippen LogP contribution in [-0.2, 0) is 6.54 Å². The van der Waals surface area contributed by atoms with Gasteiger partial charge in [-0.1, -0.05) is 6.07 Å². The molecule has 0 aromatic heterocycles. The van der Waals surface area contributed by atoms with Gasteiger partial charge in [0.25, 0.3) is 0 Å². The van der Waals surface area contributed by atoms with Crippen LogP contribution in [0.2, 0.25) is 0 Å². The molecule has 0 fully saturated rings. The van der Waals surface area contributed by atoms with Crippen LogP contribution in [0.25, 0.3) is 0 Å². The van der Waals surface area contributed by atoms with E-state index in [4.69, 9.17) is 11.6 Å². The minimum Gasteiger partial charge on any atom is -0.296 e. The summed E-state index contributed by atoms with van der Waals surface area (Å²) < 4.78 is 25.7. The Balaban J connectivity index is 2.73. The van der Waals surface area contributed by atoms with Gasteiger partial charge in [-0.3, -0.25) is 4.90 Å². The molecule has 90 valence electrons. The lowest BCUT2D eigenvalue weighted by molar-refractivity contribution is 0.226. The molecular formula is C12H16ClF2N. The number of benzene rings is 1. The molecule has 0 N–H and O–H groups in total. The van der Waals surface area contributed by atoms with E-state index >= 15 is 0 Å². The Kier molecular flexibility index (Phi) is 5.16. The van der Waals surface area contributed by atoms with Gasteiger partial charge in [-0.2, -0.15) is 0 Å². The summed E-state index contributed by atoms with van der Waals surface area (Å²) in [5.74, 6) is -1.08. The average Bonchev–Trinajstić information content (AvgIpc) is 2.22. The van der Waals surface area contributed by atoms with Gasteiger partial charge in [0.05, 0.1) is 0 Å². The lowest BCUT2D eigenvalue weighted by atomic mass is 10.2. The third-order valence-corrected chi connectivity index (χ3v) is 2.64. The maximum atomic E-state index is 13.0. The van der Waals surface area contributed by atoms with Crippen LogP contribution in [-0.4, -0.2) is 23.4 Å². The van der Waals surface area contributed by atoms with Crippen LogP contribution in [0.15, 0.2) is 18.2 Å². The number of halogens is 3. The van der Waals surface area contributed by atoms with E-state index in [1.54, 1.807) is 6.07 Å². The largest absolute Gasteiger partial charge is 0.296 e. The second-order valence-electron chi connectivity index (χ2n) is 4.00. The maximum absolute atomic E-state index is 13.0. The molecule has 0 radical (unpaired) electrons. The molecule has 0 heterocycles. The minimum atomic E-state index is -0.808. The fraction of sp³-hybridized carbons (Fsp3) is 0.500. The van der Waals surface area contributed by atoms with Crippen LogP contribution in [0.4, 0.5) is 8.78 Å². The van der Waals surface area contributed by atoms with Crippen molar-refractivity contribution in [2.75, 3.05) is 12.4 Å². The number of rotatable bonds is 5. The highest BCUT2D eigenvalue weighted by Crippen LogP contribution is 2.12. The third kappa shape index (κ3) is 3.72. The summed E-state index contributed by atoms with van der Waals surface area (Å²) in [5, 5.41) is 0. The lowest BCUT2D eigenvalue weighted by Gasteiger charge is -2.25. The second-order valence-corrected chi connectivity index (χ2v) is 4.38. The zero-order valence-electron chi connectivity index (χ0n) is 9.51. The molecule has 4 heteroatoms. The number of hydrogen-bond acceptors (Lipinski definition) is 1. The van der Waals surface area contributed by atoms with E-state index in [1.807, 2.05) is 13.8 Å². The SMILES string of the molecule is CC(C)N(CCCl)Cc1ccc(F)c(F)c1. The smallest absolute Gasteiger partial charge is 0.159 e. The highest BCUT2D eigenvalue weighted by atomic mass is 35.5. The van der Waals surface area contributed by atoms with Gasteiger partial charge in [0.2, 0.25) is 0 Å². The summed E-state index contributed by atoms with van der Waals surface area (Å²) >= 11 is 5.69. The van der Waals surface area contributed by atoms with Gasteiger partial charge in [-0.15, -0.1) is 11.6 Å². The van der Waals surface area contributed by atoms with Gasteiger partial charge in [0.15, 0.2) is 11.6 Å². The molecule has 1 rings (SSSR count). The molecule has 0 aliphatic rings. The second kappa shape index (κ2) is 6.16. The van der Waals surface area contributed by atoms with Gasteiger partial charge >= 0.3 is 0 Å². The molecule has 0 aliphatic carbocycles. The van der Waals surface area contributed by atoms with Crippen molar-refractivity contribution in [2.24, 2.45) is 0 Å². The Morgan fingerprint density at radius 1 is 1.25 bits per heavy atom. The van der Waals surface area contributed by atoms with E-state index in [2.05, 4.69) is 4.90 Å². The highest BCUT2D eigenvalue weighted by molar-refractivity contribution is 6.18. The molecule has 0 bridgehead atoms. The molecule has 0 spiro atoms. The third-order valence-electron chi connectivity index (χ3n) is 2.47. The van der Waals surface area contributed by atoms with Crippen molar-refractivity contribution < 1.29 is 8.78 Å². The number of hydrogen-bond donors (Lipinski definition) is 0. The van der Waals surface area contributed by atoms with Crippen LogP contribution < -0.4 is 0 Å². The molecule has 0 atom stereocenters. The minimum absolute atomic E-state index is 0.326. The number of alkyl halides is 1. The predicted molar refractivity (Wildman–Crippen MR) is 62.6 cm³/mol. The first kappa shape index (κ1) is 13.4. The summed E-state index contributed by atoms with van der Waals surface area (Å²) in [7, 11) is 0. The van der Waals surface area contributed by atoms with E-state index < -0.39 is 11.6 Å². The zero-order valence-corrected chi connectivity index (χ0v) is 10.3. The first-order valence-corrected chi connectivity index (χ1v) is 5.82. The Labute approximate surface area is 100 Å². The van der Waals surface area contributed by atoms with Gasteiger partial charge in [-0.25, -0.2) is 8.78 Å². The van der Waals surface area contributed by atoms with Gasteiger partial charge in [0.1, 0.15) is 0 Å². The van der Waals surface area contributed by atoms with Crippen molar-refractivity contribution in [2.45, 2.75) is 26.4 Å². The van der Waals surface area contributed by atoms with Crippen molar-refractivity contribution >= 4 is 11.6 Å². The van der Waals surface area contributed by atoms with Crippen molar-refractivity contribution in [1.29, 1.82) is 0 Å². The molecule has 0 aliphatic heterocycles. The van der Waals surface area contributed by atoms with Gasteiger partial charge in [0, 0.05) is 25.0 Å². The first-order chi connectivity index (χ1) is 7.54. The fourth-order valence-electron chi connectivity index (χ4n) is 1.50. The van der Waals surface area contributed by atoms with E-state index in [1.165, 1.54) is 6.07 Å². The Hall–Kier alpha value is -0.670. The van der Waals surface area contributed by atoms with Crippen molar-refractivity contribution in [3.8, 4) is 0 Å². The van der Waals surface area contributed by atoms with Crippen LogP contribution in [0.5, 0.6) is 0 Å². The van der Waals surface area contributed by atoms with Gasteiger partial charge < -0.3 is 0 Å². The normalized spacial score (nSPS) is 11.4. The quantitative estimate of drug-likeness (QED) is 0.721. The first-order valence-electron chi connectivity index (χ1n) is 5.28. The maximum Gasteiger partial charge on any atom is 0.159 e. The lowest BCUT2D eigenvalue weighted by Crippen LogP contribution is -2.32. The summed E-state index contributed by atoms with van der Waals surface area (Å²) in [5.41, 5.74) is 0.762. The van der Waals surface area contributed by atoms with Crippen LogP contribution in [0, 0.1) is 11.6 Å². The Bertz CT molecular complexity index is 342. The molecule has 0 amide bonds. The van der Waals surface area contributed by atoms with Crippen molar-refractivity contribution in [3.63, 3.8) is 0 Å². The Morgan fingerprint density at radius 3 is 2.44 bits per heavy atom. The van der Waals surface area contributed by atoms with Crippen LogP contribution in [0.1, 0.15) is 19.4 Å². The molecule has 1 aromatic carbocycles. The summed E-state index contributed by atoms with van der Waals surface area (Å²) in [6.07, 6.45) is 0. The predicted octanol–water partition coefficient (Wildman–Crippen LogP) is 3.41. The monoisotopic (exact) mass is 247 g/mol. The number of nitrogens with zero attached hydrogens (tertiary/aromatic N) is 1. The van der Waals surface area contributed by atoms with E-state index in [9.17, 15) is 8.78 Å². The van der Waals surface area contributed by atoms with Crippen LogP contribution >= 0.6 is 11.6 Å². The van der Waals surface area contributed by atoms with Crippen molar-refractivity contribution in [3.05, 3.63) is 35.4 Å². The van der Waals surface area contributed by atoms with E-state index in [0.29, 0.717) is 18.5 Å². The van der Waals surface area contributed by atoms with Crippen molar-refractivity contribution in [1.82, 2.24) is 4.90 Å². The highest BCUT2D eigenvalue weighted by Gasteiger charge is 2.10. The molecule has 0 saturated heterocycles. The molecule has 1 nitrogen and oxygen atoms in total. The molecular weight excluding hydrogens is 232 g/mol. The average molecular weight is 248 g/mol. The molecule has 0 unspecified atom stereocenters. The standard InChI is InChI=1S/C12H16ClF2N/c1-9(2)16(6-5-13)8-10-3-4-11(14)12(15)7-10/h3-4,7,9H,5-6,8H2,1-2H3. The van der Waals surface area contributed by atoms with Crippen LogP contribution in [0.3, 0.4) is 0 Å². The molecule has 16 heavy (non-hydrogen) atoms. The van der Waals surface area contributed by atoms with E-state index in [-0.39, 0.29) is 0 Å². The Morgan fingerprint density at radius 2 is 1.94 bits per heavy atom. The zero-order chi connectivity index (χ0) is 12.1. The summed E-state index contributed by atoms with van der Waals surface area (Å²) in [4.78, 5) is 2.11. The molecule has 0 saturated carbocycles.